The molecule has 0 amide bonds. The molecule has 4 atom stereocenters. The van der Waals surface area contributed by atoms with Crippen LogP contribution in [-0.4, -0.2) is 12.6 Å². The number of nitrogens with one attached hydrogen (secondary N) is 1. The van der Waals surface area contributed by atoms with Gasteiger partial charge in [0.1, 0.15) is 5.82 Å². The van der Waals surface area contributed by atoms with Gasteiger partial charge in [-0.3, -0.25) is 0 Å². The van der Waals surface area contributed by atoms with Crippen molar-refractivity contribution in [3.05, 3.63) is 34.6 Å². The van der Waals surface area contributed by atoms with Crippen LogP contribution in [0, 0.1) is 23.6 Å². The molecule has 1 nitrogen and oxygen atoms in total. The number of rotatable bonds is 5. The van der Waals surface area contributed by atoms with Crippen molar-refractivity contribution in [2.75, 3.05) is 6.54 Å². The molecule has 2 rings (SSSR count). The summed E-state index contributed by atoms with van der Waals surface area (Å²) < 4.78 is 14.1. The maximum absolute atomic E-state index is 14.1. The average Bonchev–Trinajstić information content (AvgIpc) is 2.46. The fraction of sp³-hybridized carbons (Fsp3) is 0.667. The van der Waals surface area contributed by atoms with Gasteiger partial charge in [-0.15, -0.1) is 0 Å². The monoisotopic (exact) mass is 311 g/mol. The molecule has 0 heterocycles. The molecule has 21 heavy (non-hydrogen) atoms. The molecule has 1 aliphatic carbocycles. The summed E-state index contributed by atoms with van der Waals surface area (Å²) in [6, 6.07) is 5.67. The highest BCUT2D eigenvalue weighted by molar-refractivity contribution is 6.30. The Bertz CT molecular complexity index is 463. The standard InChI is InChI=1S/C18H27ClFN/c1-4-21-17(14-9-8-12(2)13(3)10-14)11-15-6-5-7-16(19)18(15)20/h5-7,12-14,17,21H,4,8-11H2,1-3H3. The second kappa shape index (κ2) is 7.60. The van der Waals surface area contributed by atoms with Crippen molar-refractivity contribution >= 4 is 11.6 Å². The Labute approximate surface area is 133 Å². The third-order valence-electron chi connectivity index (χ3n) is 5.15. The molecular weight excluding hydrogens is 285 g/mol. The van der Waals surface area contributed by atoms with E-state index in [0.717, 1.165) is 30.4 Å². The van der Waals surface area contributed by atoms with Gasteiger partial charge in [-0.25, -0.2) is 4.39 Å². The molecule has 3 heteroatoms. The van der Waals surface area contributed by atoms with Gasteiger partial charge in [0.2, 0.25) is 0 Å². The molecule has 118 valence electrons. The summed E-state index contributed by atoms with van der Waals surface area (Å²) in [5.74, 6) is 1.95. The summed E-state index contributed by atoms with van der Waals surface area (Å²) in [5.41, 5.74) is 0.736. The van der Waals surface area contributed by atoms with Crippen molar-refractivity contribution in [1.82, 2.24) is 5.32 Å². The molecule has 1 aromatic carbocycles. The lowest BCUT2D eigenvalue weighted by Gasteiger charge is -2.37. The van der Waals surface area contributed by atoms with Gasteiger partial charge in [-0.05, 0) is 55.2 Å². The van der Waals surface area contributed by atoms with Crippen LogP contribution in [0.15, 0.2) is 18.2 Å². The minimum absolute atomic E-state index is 0.230. The number of likely N-dealkylation sites (N-methyl/N-ethyl adjacent to an activating group) is 1. The van der Waals surface area contributed by atoms with Crippen LogP contribution in [0.4, 0.5) is 4.39 Å². The van der Waals surface area contributed by atoms with Gasteiger partial charge in [0.05, 0.1) is 5.02 Å². The van der Waals surface area contributed by atoms with Crippen LogP contribution < -0.4 is 5.32 Å². The maximum Gasteiger partial charge on any atom is 0.145 e. The molecule has 0 aliphatic heterocycles. The molecule has 0 bridgehead atoms. The third-order valence-corrected chi connectivity index (χ3v) is 5.44. The fourth-order valence-electron chi connectivity index (χ4n) is 3.57. The van der Waals surface area contributed by atoms with Crippen molar-refractivity contribution < 1.29 is 4.39 Å². The van der Waals surface area contributed by atoms with Gasteiger partial charge in [0, 0.05) is 6.04 Å². The molecule has 0 radical (unpaired) electrons. The highest BCUT2D eigenvalue weighted by Gasteiger charge is 2.30. The lowest BCUT2D eigenvalue weighted by atomic mass is 9.72. The molecule has 4 unspecified atom stereocenters. The SMILES string of the molecule is CCNC(Cc1cccc(Cl)c1F)C1CCC(C)C(C)C1. The van der Waals surface area contributed by atoms with E-state index in [2.05, 4.69) is 26.1 Å². The van der Waals surface area contributed by atoms with Crippen LogP contribution in [0.3, 0.4) is 0 Å². The van der Waals surface area contributed by atoms with E-state index in [9.17, 15) is 4.39 Å². The van der Waals surface area contributed by atoms with E-state index < -0.39 is 0 Å². The van der Waals surface area contributed by atoms with Crippen LogP contribution in [0.25, 0.3) is 0 Å². The van der Waals surface area contributed by atoms with E-state index in [0.29, 0.717) is 12.0 Å². The largest absolute Gasteiger partial charge is 0.314 e. The van der Waals surface area contributed by atoms with Gasteiger partial charge in [-0.1, -0.05) is 50.9 Å². The second-order valence-electron chi connectivity index (χ2n) is 6.61. The minimum Gasteiger partial charge on any atom is -0.314 e. The summed E-state index contributed by atoms with van der Waals surface area (Å²) >= 11 is 5.91. The lowest BCUT2D eigenvalue weighted by Crippen LogP contribution is -2.41. The van der Waals surface area contributed by atoms with Gasteiger partial charge >= 0.3 is 0 Å². The van der Waals surface area contributed by atoms with Gasteiger partial charge in [-0.2, -0.15) is 0 Å². The Balaban J connectivity index is 2.10. The first-order valence-electron chi connectivity index (χ1n) is 8.19. The zero-order valence-electron chi connectivity index (χ0n) is 13.3. The van der Waals surface area contributed by atoms with E-state index in [1.54, 1.807) is 6.07 Å². The first kappa shape index (κ1) is 16.8. The Morgan fingerprint density at radius 2 is 2.05 bits per heavy atom. The van der Waals surface area contributed by atoms with Crippen molar-refractivity contribution in [1.29, 1.82) is 0 Å². The molecule has 1 saturated carbocycles. The number of halogens is 2. The summed E-state index contributed by atoms with van der Waals surface area (Å²) in [6.07, 6.45) is 4.49. The molecule has 0 spiro atoms. The Kier molecular flexibility index (Phi) is 6.07. The molecule has 1 N–H and O–H groups in total. The number of hydrogen-bond donors (Lipinski definition) is 1. The molecule has 0 saturated heterocycles. The highest BCUT2D eigenvalue weighted by Crippen LogP contribution is 2.36. The average molecular weight is 312 g/mol. The van der Waals surface area contributed by atoms with Crippen molar-refractivity contribution in [2.45, 2.75) is 52.5 Å². The van der Waals surface area contributed by atoms with E-state index in [4.69, 9.17) is 11.6 Å². The van der Waals surface area contributed by atoms with Gasteiger partial charge < -0.3 is 5.32 Å². The maximum atomic E-state index is 14.1. The second-order valence-corrected chi connectivity index (χ2v) is 7.02. The molecule has 1 aromatic rings. The fourth-order valence-corrected chi connectivity index (χ4v) is 3.76. The molecule has 1 fully saturated rings. The van der Waals surface area contributed by atoms with E-state index in [1.807, 2.05) is 12.1 Å². The zero-order valence-corrected chi connectivity index (χ0v) is 14.1. The Hall–Kier alpha value is -0.600. The van der Waals surface area contributed by atoms with Crippen LogP contribution >= 0.6 is 11.6 Å². The van der Waals surface area contributed by atoms with Crippen molar-refractivity contribution in [3.8, 4) is 0 Å². The number of benzene rings is 1. The Morgan fingerprint density at radius 3 is 2.71 bits per heavy atom. The molecule has 1 aliphatic rings. The van der Waals surface area contributed by atoms with E-state index in [-0.39, 0.29) is 10.8 Å². The van der Waals surface area contributed by atoms with Crippen molar-refractivity contribution in [2.24, 2.45) is 17.8 Å². The van der Waals surface area contributed by atoms with Crippen LogP contribution in [-0.2, 0) is 6.42 Å². The predicted octanol–water partition coefficient (Wildman–Crippen LogP) is 5.07. The first-order chi connectivity index (χ1) is 10.0. The summed E-state index contributed by atoms with van der Waals surface area (Å²) in [5, 5.41) is 3.80. The third kappa shape index (κ3) is 4.20. The van der Waals surface area contributed by atoms with Crippen LogP contribution in [0.1, 0.15) is 45.6 Å². The summed E-state index contributed by atoms with van der Waals surface area (Å²) in [4.78, 5) is 0. The van der Waals surface area contributed by atoms with Crippen LogP contribution in [0.5, 0.6) is 0 Å². The topological polar surface area (TPSA) is 12.0 Å². The first-order valence-corrected chi connectivity index (χ1v) is 8.57. The summed E-state index contributed by atoms with van der Waals surface area (Å²) in [7, 11) is 0. The van der Waals surface area contributed by atoms with Crippen LogP contribution in [0.2, 0.25) is 5.02 Å². The smallest absolute Gasteiger partial charge is 0.145 e. The van der Waals surface area contributed by atoms with Gasteiger partial charge in [0.15, 0.2) is 0 Å². The van der Waals surface area contributed by atoms with E-state index >= 15 is 0 Å². The Morgan fingerprint density at radius 1 is 1.29 bits per heavy atom. The van der Waals surface area contributed by atoms with Gasteiger partial charge in [0.25, 0.3) is 0 Å². The van der Waals surface area contributed by atoms with Crippen molar-refractivity contribution in [3.63, 3.8) is 0 Å². The highest BCUT2D eigenvalue weighted by atomic mass is 35.5. The van der Waals surface area contributed by atoms with E-state index in [1.165, 1.54) is 19.3 Å². The lowest BCUT2D eigenvalue weighted by molar-refractivity contribution is 0.170. The molecular formula is C18H27ClFN. The number of hydrogen-bond acceptors (Lipinski definition) is 1. The zero-order chi connectivity index (χ0) is 15.4. The minimum atomic E-state index is -0.251. The molecule has 0 aromatic heterocycles. The predicted molar refractivity (Wildman–Crippen MR) is 88.2 cm³/mol. The summed E-state index contributed by atoms with van der Waals surface area (Å²) in [6.45, 7) is 7.74. The normalized spacial score (nSPS) is 27.6. The quantitative estimate of drug-likeness (QED) is 0.800.